The van der Waals surface area contributed by atoms with Crippen molar-refractivity contribution < 1.29 is 14.4 Å². The predicted octanol–water partition coefficient (Wildman–Crippen LogP) is 1.50. The molecule has 1 aliphatic rings. The monoisotopic (exact) mass is 491 g/mol. The smallest absolute Gasteiger partial charge is 0.267 e. The number of hydrogen-bond acceptors (Lipinski definition) is 6. The van der Waals surface area contributed by atoms with Crippen molar-refractivity contribution in [2.75, 3.05) is 18.4 Å². The van der Waals surface area contributed by atoms with Gasteiger partial charge in [0.1, 0.15) is 6.04 Å². The average Bonchev–Trinajstić information content (AvgIpc) is 3.66. The SMILES string of the molecule is Cc1cc(C)n(-c2ccc(=O)n(C(C)C(=O)NCCNC(=O)c3ccc(NC(=O)C4CC4)cc3)n2)n1. The molecular formula is C25H29N7O4. The number of carbonyl (C=O) groups is 3. The molecule has 11 heteroatoms. The molecule has 1 aliphatic carbocycles. The van der Waals surface area contributed by atoms with Crippen LogP contribution in [0.3, 0.4) is 0 Å². The Morgan fingerprint density at radius 3 is 2.33 bits per heavy atom. The summed E-state index contributed by atoms with van der Waals surface area (Å²) >= 11 is 0. The van der Waals surface area contributed by atoms with E-state index in [0.717, 1.165) is 28.9 Å². The molecule has 2 heterocycles. The van der Waals surface area contributed by atoms with Crippen LogP contribution in [-0.4, -0.2) is 50.4 Å². The third kappa shape index (κ3) is 5.85. The molecule has 11 nitrogen and oxygen atoms in total. The number of amides is 3. The van der Waals surface area contributed by atoms with Crippen LogP contribution in [0.25, 0.3) is 5.82 Å². The topological polar surface area (TPSA) is 140 Å². The van der Waals surface area contributed by atoms with Gasteiger partial charge in [0.15, 0.2) is 5.82 Å². The van der Waals surface area contributed by atoms with E-state index >= 15 is 0 Å². The lowest BCUT2D eigenvalue weighted by molar-refractivity contribution is -0.124. The van der Waals surface area contributed by atoms with E-state index in [1.54, 1.807) is 41.9 Å². The minimum atomic E-state index is -0.858. The standard InChI is InChI=1S/C25H29N7O4/c1-15-14-16(2)31(29-15)21-10-11-22(33)32(30-21)17(3)23(34)26-12-13-27-24(35)18-6-8-20(9-7-18)28-25(36)19-4-5-19/h6-11,14,17,19H,4-5,12-13H2,1-3H3,(H,26,34)(H,27,35)(H,28,36). The Morgan fingerprint density at radius 2 is 1.69 bits per heavy atom. The molecule has 2 aromatic heterocycles. The van der Waals surface area contributed by atoms with E-state index in [1.165, 1.54) is 6.07 Å². The highest BCUT2D eigenvalue weighted by Gasteiger charge is 2.29. The Hall–Kier alpha value is -4.28. The first kappa shape index (κ1) is 24.8. The van der Waals surface area contributed by atoms with Gasteiger partial charge in [0, 0.05) is 42.0 Å². The molecule has 1 aromatic carbocycles. The fraction of sp³-hybridized carbons (Fsp3) is 0.360. The van der Waals surface area contributed by atoms with Crippen LogP contribution in [0.5, 0.6) is 0 Å². The summed E-state index contributed by atoms with van der Waals surface area (Å²) in [6, 6.07) is 10.6. The van der Waals surface area contributed by atoms with Crippen molar-refractivity contribution in [3.05, 3.63) is 69.8 Å². The first-order valence-electron chi connectivity index (χ1n) is 11.8. The molecule has 3 N–H and O–H groups in total. The number of rotatable bonds is 9. The fourth-order valence-electron chi connectivity index (χ4n) is 3.68. The van der Waals surface area contributed by atoms with Crippen molar-refractivity contribution in [2.24, 2.45) is 5.92 Å². The summed E-state index contributed by atoms with van der Waals surface area (Å²) in [5.41, 5.74) is 2.35. The maximum atomic E-state index is 12.6. The number of carbonyl (C=O) groups excluding carboxylic acids is 3. The molecular weight excluding hydrogens is 462 g/mol. The number of aromatic nitrogens is 4. The molecule has 0 radical (unpaired) electrons. The molecule has 3 aromatic rings. The molecule has 0 aliphatic heterocycles. The fourth-order valence-corrected chi connectivity index (χ4v) is 3.68. The van der Waals surface area contributed by atoms with Gasteiger partial charge in [0.25, 0.3) is 11.5 Å². The van der Waals surface area contributed by atoms with E-state index in [2.05, 4.69) is 26.1 Å². The molecule has 36 heavy (non-hydrogen) atoms. The average molecular weight is 492 g/mol. The van der Waals surface area contributed by atoms with Crippen molar-refractivity contribution >= 4 is 23.4 Å². The molecule has 0 spiro atoms. The molecule has 0 bridgehead atoms. The van der Waals surface area contributed by atoms with Gasteiger partial charge in [-0.3, -0.25) is 19.2 Å². The Morgan fingerprint density at radius 1 is 1.00 bits per heavy atom. The lowest BCUT2D eigenvalue weighted by Gasteiger charge is -2.15. The van der Waals surface area contributed by atoms with Crippen LogP contribution in [-0.2, 0) is 9.59 Å². The second-order valence-electron chi connectivity index (χ2n) is 8.88. The largest absolute Gasteiger partial charge is 0.352 e. The van der Waals surface area contributed by atoms with Crippen LogP contribution < -0.4 is 21.5 Å². The lowest BCUT2D eigenvalue weighted by atomic mass is 10.2. The Labute approximate surface area is 207 Å². The second-order valence-corrected chi connectivity index (χ2v) is 8.88. The minimum Gasteiger partial charge on any atom is -0.352 e. The minimum absolute atomic E-state index is 0.00737. The van der Waals surface area contributed by atoms with E-state index in [0.29, 0.717) is 17.1 Å². The van der Waals surface area contributed by atoms with Crippen molar-refractivity contribution in [2.45, 2.75) is 39.7 Å². The van der Waals surface area contributed by atoms with E-state index < -0.39 is 17.5 Å². The van der Waals surface area contributed by atoms with Crippen LogP contribution in [0.4, 0.5) is 5.69 Å². The molecule has 1 fully saturated rings. The predicted molar refractivity (Wildman–Crippen MR) is 133 cm³/mol. The molecule has 3 amide bonds. The highest BCUT2D eigenvalue weighted by atomic mass is 16.2. The van der Waals surface area contributed by atoms with Crippen molar-refractivity contribution in [3.63, 3.8) is 0 Å². The summed E-state index contributed by atoms with van der Waals surface area (Å²) in [4.78, 5) is 49.2. The van der Waals surface area contributed by atoms with Gasteiger partial charge in [0.05, 0.1) is 5.69 Å². The summed E-state index contributed by atoms with van der Waals surface area (Å²) in [5, 5.41) is 17.0. The van der Waals surface area contributed by atoms with E-state index in [4.69, 9.17) is 0 Å². The summed E-state index contributed by atoms with van der Waals surface area (Å²) in [5.74, 6) is -0.153. The van der Waals surface area contributed by atoms with Crippen LogP contribution in [0.2, 0.25) is 0 Å². The summed E-state index contributed by atoms with van der Waals surface area (Å²) in [7, 11) is 0. The van der Waals surface area contributed by atoms with Crippen molar-refractivity contribution in [1.82, 2.24) is 30.2 Å². The first-order chi connectivity index (χ1) is 17.2. The van der Waals surface area contributed by atoms with Gasteiger partial charge in [-0.25, -0.2) is 9.36 Å². The molecule has 0 saturated heterocycles. The van der Waals surface area contributed by atoms with Gasteiger partial charge < -0.3 is 16.0 Å². The zero-order valence-electron chi connectivity index (χ0n) is 20.4. The van der Waals surface area contributed by atoms with Crippen molar-refractivity contribution in [3.8, 4) is 5.82 Å². The van der Waals surface area contributed by atoms with Gasteiger partial charge in [-0.05, 0) is 70.0 Å². The highest BCUT2D eigenvalue weighted by molar-refractivity contribution is 5.96. The zero-order chi connectivity index (χ0) is 25.8. The Kier molecular flexibility index (Phi) is 7.28. The molecule has 188 valence electrons. The van der Waals surface area contributed by atoms with Gasteiger partial charge in [-0.1, -0.05) is 0 Å². The van der Waals surface area contributed by atoms with E-state index in [1.807, 2.05) is 19.9 Å². The maximum absolute atomic E-state index is 12.6. The molecule has 1 atom stereocenters. The number of nitrogens with one attached hydrogen (secondary N) is 3. The summed E-state index contributed by atoms with van der Waals surface area (Å²) in [6.07, 6.45) is 1.85. The van der Waals surface area contributed by atoms with Crippen LogP contribution in [0.15, 0.2) is 47.3 Å². The third-order valence-electron chi connectivity index (χ3n) is 5.86. The van der Waals surface area contributed by atoms with Crippen LogP contribution >= 0.6 is 0 Å². The van der Waals surface area contributed by atoms with Crippen molar-refractivity contribution in [1.29, 1.82) is 0 Å². The van der Waals surface area contributed by atoms with E-state index in [9.17, 15) is 19.2 Å². The maximum Gasteiger partial charge on any atom is 0.267 e. The number of benzene rings is 1. The van der Waals surface area contributed by atoms with Crippen LogP contribution in [0, 0.1) is 19.8 Å². The van der Waals surface area contributed by atoms with Crippen LogP contribution in [0.1, 0.15) is 47.6 Å². The van der Waals surface area contributed by atoms with Gasteiger partial charge >= 0.3 is 0 Å². The zero-order valence-corrected chi connectivity index (χ0v) is 20.4. The van der Waals surface area contributed by atoms with Gasteiger partial charge in [-0.2, -0.15) is 5.10 Å². The Balaban J connectivity index is 1.27. The second kappa shape index (κ2) is 10.5. The first-order valence-corrected chi connectivity index (χ1v) is 11.8. The number of hydrogen-bond donors (Lipinski definition) is 3. The summed E-state index contributed by atoms with van der Waals surface area (Å²) < 4.78 is 2.72. The number of aryl methyl sites for hydroxylation is 2. The third-order valence-corrected chi connectivity index (χ3v) is 5.86. The van der Waals surface area contributed by atoms with Gasteiger partial charge in [-0.15, -0.1) is 5.10 Å². The Bertz CT molecular complexity index is 1340. The molecule has 4 rings (SSSR count). The van der Waals surface area contributed by atoms with E-state index in [-0.39, 0.29) is 30.8 Å². The van der Waals surface area contributed by atoms with Gasteiger partial charge in [0.2, 0.25) is 11.8 Å². The lowest BCUT2D eigenvalue weighted by Crippen LogP contribution is -2.40. The molecule has 1 saturated carbocycles. The molecule has 1 unspecified atom stereocenters. The number of anilines is 1. The summed E-state index contributed by atoms with van der Waals surface area (Å²) in [6.45, 7) is 5.69. The highest BCUT2D eigenvalue weighted by Crippen LogP contribution is 2.30. The quantitative estimate of drug-likeness (QED) is 0.388. The number of nitrogens with zero attached hydrogens (tertiary/aromatic N) is 4. The normalized spacial score (nSPS) is 13.6.